The van der Waals surface area contributed by atoms with Crippen molar-refractivity contribution in [3.63, 3.8) is 0 Å². The quantitative estimate of drug-likeness (QED) is 0.728. The number of ketones is 1. The van der Waals surface area contributed by atoms with Crippen LogP contribution in [0.1, 0.15) is 32.1 Å². The van der Waals surface area contributed by atoms with Gasteiger partial charge in [-0.15, -0.1) is 0 Å². The first-order valence-electron chi connectivity index (χ1n) is 6.36. The minimum absolute atomic E-state index is 0.0332. The van der Waals surface area contributed by atoms with Crippen molar-refractivity contribution in [2.24, 2.45) is 11.8 Å². The van der Waals surface area contributed by atoms with E-state index in [1.807, 2.05) is 0 Å². The third kappa shape index (κ3) is 2.94. The third-order valence-electron chi connectivity index (χ3n) is 4.10. The van der Waals surface area contributed by atoms with Gasteiger partial charge in [0.2, 0.25) is 5.92 Å². The zero-order valence-corrected chi connectivity index (χ0v) is 10.5. The maximum absolute atomic E-state index is 12.5. The highest BCUT2D eigenvalue weighted by atomic mass is 19.4. The van der Waals surface area contributed by atoms with Crippen molar-refractivity contribution < 1.29 is 35.9 Å². The largest absolute Gasteiger partial charge is 0.407 e. The summed E-state index contributed by atoms with van der Waals surface area (Å²) in [6.07, 6.45) is -9.29. The zero-order valence-electron chi connectivity index (χ0n) is 10.5. The lowest BCUT2D eigenvalue weighted by Gasteiger charge is -2.47. The number of ether oxygens (including phenoxy) is 1. The molecule has 0 bridgehead atoms. The first kappa shape index (κ1) is 15.6. The number of Topliss-reactive ketones (excluding diaryl/α,β-unsaturated/α-hetero) is 1. The van der Waals surface area contributed by atoms with Gasteiger partial charge in [-0.2, -0.15) is 26.3 Å². The topological polar surface area (TPSA) is 26.3 Å². The summed E-state index contributed by atoms with van der Waals surface area (Å²) in [6.45, 7) is 0.0405. The molecule has 0 aromatic rings. The second-order valence-corrected chi connectivity index (χ2v) is 5.49. The Morgan fingerprint density at radius 1 is 1.10 bits per heavy atom. The molecule has 0 aromatic heterocycles. The van der Waals surface area contributed by atoms with E-state index in [2.05, 4.69) is 0 Å². The molecule has 1 saturated heterocycles. The third-order valence-corrected chi connectivity index (χ3v) is 4.10. The van der Waals surface area contributed by atoms with Crippen molar-refractivity contribution in [2.45, 2.75) is 50.1 Å². The maximum Gasteiger partial charge on any atom is 0.407 e. The van der Waals surface area contributed by atoms with Gasteiger partial charge >= 0.3 is 12.4 Å². The lowest BCUT2D eigenvalue weighted by Crippen LogP contribution is -2.51. The molecule has 2 fully saturated rings. The second kappa shape index (κ2) is 4.89. The van der Waals surface area contributed by atoms with Crippen molar-refractivity contribution in [1.82, 2.24) is 0 Å². The highest BCUT2D eigenvalue weighted by molar-refractivity contribution is 5.85. The van der Waals surface area contributed by atoms with Crippen molar-refractivity contribution in [3.05, 3.63) is 0 Å². The Hall–Kier alpha value is -0.790. The van der Waals surface area contributed by atoms with Gasteiger partial charge in [0, 0.05) is 12.5 Å². The number of alkyl halides is 6. The van der Waals surface area contributed by atoms with Crippen LogP contribution in [0.5, 0.6) is 0 Å². The fraction of sp³-hybridized carbons (Fsp3) is 0.917. The fourth-order valence-corrected chi connectivity index (χ4v) is 2.93. The predicted molar refractivity (Wildman–Crippen MR) is 55.9 cm³/mol. The molecule has 116 valence electrons. The first-order chi connectivity index (χ1) is 9.05. The smallest absolute Gasteiger partial charge is 0.375 e. The molecule has 1 unspecified atom stereocenters. The second-order valence-electron chi connectivity index (χ2n) is 5.49. The summed E-state index contributed by atoms with van der Waals surface area (Å²) in [5.41, 5.74) is -0.666. The van der Waals surface area contributed by atoms with Crippen molar-refractivity contribution >= 4 is 5.78 Å². The average Bonchev–Trinajstić information content (AvgIpc) is 2.23. The van der Waals surface area contributed by atoms with Crippen molar-refractivity contribution in [2.75, 3.05) is 6.61 Å². The van der Waals surface area contributed by atoms with E-state index in [0.29, 0.717) is 12.8 Å². The molecule has 0 aromatic carbocycles. The van der Waals surface area contributed by atoms with E-state index < -0.39 is 35.6 Å². The monoisotopic (exact) mass is 304 g/mol. The molecule has 0 amide bonds. The molecular formula is C12H14F6O2. The summed E-state index contributed by atoms with van der Waals surface area (Å²) >= 11 is 0. The van der Waals surface area contributed by atoms with Crippen LogP contribution in [-0.4, -0.2) is 30.3 Å². The van der Waals surface area contributed by atoms with E-state index in [9.17, 15) is 31.1 Å². The molecule has 1 aliphatic carbocycles. The molecule has 1 spiro atoms. The van der Waals surface area contributed by atoms with E-state index in [1.165, 1.54) is 0 Å². The minimum atomic E-state index is -5.60. The Labute approximate surface area is 111 Å². The number of carbonyl (C=O) groups is 1. The Morgan fingerprint density at radius 3 is 2.05 bits per heavy atom. The molecule has 1 saturated carbocycles. The normalized spacial score (nSPS) is 26.6. The highest BCUT2D eigenvalue weighted by Gasteiger charge is 2.62. The van der Waals surface area contributed by atoms with Crippen LogP contribution < -0.4 is 0 Å². The summed E-state index contributed by atoms with van der Waals surface area (Å²) in [5, 5.41) is 0. The summed E-state index contributed by atoms with van der Waals surface area (Å²) < 4.78 is 80.6. The predicted octanol–water partition coefficient (Wildman–Crippen LogP) is 3.65. The van der Waals surface area contributed by atoms with Gasteiger partial charge in [-0.3, -0.25) is 4.79 Å². The van der Waals surface area contributed by atoms with Crippen LogP contribution >= 0.6 is 0 Å². The lowest BCUT2D eigenvalue weighted by atomic mass is 9.70. The fourth-order valence-electron chi connectivity index (χ4n) is 2.93. The first-order valence-corrected chi connectivity index (χ1v) is 6.36. The molecule has 2 nitrogen and oxygen atoms in total. The molecule has 0 N–H and O–H groups in total. The minimum Gasteiger partial charge on any atom is -0.375 e. The summed E-state index contributed by atoms with van der Waals surface area (Å²) in [7, 11) is 0. The Kier molecular flexibility index (Phi) is 3.81. The SMILES string of the molecule is O=C(C1CCOC2(CCC2)C1)C(C(F)(F)F)C(F)(F)F. The van der Waals surface area contributed by atoms with E-state index in [0.717, 1.165) is 6.42 Å². The Balaban J connectivity index is 2.15. The summed E-state index contributed by atoms with van der Waals surface area (Å²) in [6, 6.07) is 0. The van der Waals surface area contributed by atoms with Crippen LogP contribution in [0.3, 0.4) is 0 Å². The van der Waals surface area contributed by atoms with E-state index in [4.69, 9.17) is 4.74 Å². The number of halogens is 6. The van der Waals surface area contributed by atoms with Gasteiger partial charge in [0.1, 0.15) is 0 Å². The molecule has 2 rings (SSSR count). The van der Waals surface area contributed by atoms with Crippen LogP contribution in [0.25, 0.3) is 0 Å². The summed E-state index contributed by atoms with van der Waals surface area (Å²) in [5.74, 6) is -6.87. The standard InChI is InChI=1S/C12H14F6O2/c13-11(14,15)9(12(16,17)18)8(19)7-2-5-20-10(6-7)3-1-4-10/h7,9H,1-6H2. The summed E-state index contributed by atoms with van der Waals surface area (Å²) in [4.78, 5) is 11.7. The van der Waals surface area contributed by atoms with Crippen LogP contribution in [0.4, 0.5) is 26.3 Å². The van der Waals surface area contributed by atoms with Gasteiger partial charge in [-0.25, -0.2) is 0 Å². The number of hydrogen-bond donors (Lipinski definition) is 0. The van der Waals surface area contributed by atoms with Gasteiger partial charge in [0.15, 0.2) is 5.78 Å². The van der Waals surface area contributed by atoms with E-state index >= 15 is 0 Å². The molecule has 20 heavy (non-hydrogen) atoms. The van der Waals surface area contributed by atoms with Gasteiger partial charge < -0.3 is 4.74 Å². The van der Waals surface area contributed by atoms with Crippen LogP contribution in [0, 0.1) is 11.8 Å². The van der Waals surface area contributed by atoms with E-state index in [1.54, 1.807) is 0 Å². The molecule has 1 heterocycles. The van der Waals surface area contributed by atoms with Gasteiger partial charge in [-0.05, 0) is 32.1 Å². The zero-order chi connectivity index (χ0) is 15.2. The molecule has 1 atom stereocenters. The van der Waals surface area contributed by atoms with Crippen molar-refractivity contribution in [3.8, 4) is 0 Å². The van der Waals surface area contributed by atoms with Crippen LogP contribution in [0.2, 0.25) is 0 Å². The van der Waals surface area contributed by atoms with Gasteiger partial charge in [0.05, 0.1) is 5.60 Å². The molecule has 8 heteroatoms. The highest BCUT2D eigenvalue weighted by Crippen LogP contribution is 2.48. The lowest BCUT2D eigenvalue weighted by molar-refractivity contribution is -0.276. The average molecular weight is 304 g/mol. The molecule has 0 radical (unpaired) electrons. The number of carbonyl (C=O) groups excluding carboxylic acids is 1. The molecular weight excluding hydrogens is 290 g/mol. The van der Waals surface area contributed by atoms with Gasteiger partial charge in [-0.1, -0.05) is 0 Å². The Morgan fingerprint density at radius 2 is 1.65 bits per heavy atom. The van der Waals surface area contributed by atoms with Crippen molar-refractivity contribution in [1.29, 1.82) is 0 Å². The van der Waals surface area contributed by atoms with Crippen LogP contribution in [0.15, 0.2) is 0 Å². The number of rotatable bonds is 2. The number of hydrogen-bond acceptors (Lipinski definition) is 2. The molecule has 1 aliphatic heterocycles. The van der Waals surface area contributed by atoms with Gasteiger partial charge in [0.25, 0.3) is 0 Å². The Bertz CT molecular complexity index is 368. The maximum atomic E-state index is 12.5. The van der Waals surface area contributed by atoms with Crippen LogP contribution in [-0.2, 0) is 9.53 Å². The van der Waals surface area contributed by atoms with E-state index in [-0.39, 0.29) is 19.4 Å². The molecule has 2 aliphatic rings.